The average molecular weight is 286 g/mol. The minimum Gasteiger partial charge on any atom is -0.375 e. The van der Waals surface area contributed by atoms with Gasteiger partial charge in [0.2, 0.25) is 0 Å². The van der Waals surface area contributed by atoms with E-state index >= 15 is 0 Å². The molecule has 0 atom stereocenters. The number of benzene rings is 1. The zero-order chi connectivity index (χ0) is 14.1. The van der Waals surface area contributed by atoms with Crippen LogP contribution in [0.5, 0.6) is 0 Å². The van der Waals surface area contributed by atoms with Crippen LogP contribution in [0.2, 0.25) is 0 Å². The van der Waals surface area contributed by atoms with Gasteiger partial charge in [0, 0.05) is 18.3 Å². The minimum absolute atomic E-state index is 0.0121. The molecule has 0 spiro atoms. The molecule has 0 aliphatic heterocycles. The zero-order valence-electron chi connectivity index (χ0n) is 11.0. The number of rotatable bonds is 3. The Balaban J connectivity index is 1.93. The lowest BCUT2D eigenvalue weighted by Gasteiger charge is -2.06. The molecule has 0 radical (unpaired) electrons. The lowest BCUT2D eigenvalue weighted by atomic mass is 10.1. The van der Waals surface area contributed by atoms with Crippen LogP contribution in [0.25, 0.3) is 10.9 Å². The normalized spacial score (nSPS) is 11.1. The number of aryl methyl sites for hydroxylation is 3. The van der Waals surface area contributed by atoms with E-state index in [0.717, 1.165) is 16.8 Å². The summed E-state index contributed by atoms with van der Waals surface area (Å²) in [6.45, 7) is 2.51. The largest absolute Gasteiger partial charge is 0.375 e. The molecule has 102 valence electrons. The monoisotopic (exact) mass is 286 g/mol. The second kappa shape index (κ2) is 5.05. The van der Waals surface area contributed by atoms with Gasteiger partial charge in [-0.25, -0.2) is 9.97 Å². The van der Waals surface area contributed by atoms with E-state index in [-0.39, 0.29) is 5.56 Å². The van der Waals surface area contributed by atoms with Crippen molar-refractivity contribution in [2.45, 2.75) is 19.9 Å². The van der Waals surface area contributed by atoms with Crippen molar-refractivity contribution in [1.29, 1.82) is 0 Å². The van der Waals surface area contributed by atoms with Gasteiger partial charge in [0.15, 0.2) is 5.13 Å². The van der Waals surface area contributed by atoms with Crippen LogP contribution in [0.15, 0.2) is 34.7 Å². The summed E-state index contributed by atoms with van der Waals surface area (Å²) < 4.78 is 1.62. The molecule has 0 bridgehead atoms. The van der Waals surface area contributed by atoms with Crippen molar-refractivity contribution >= 4 is 27.4 Å². The lowest BCUT2D eigenvalue weighted by molar-refractivity contribution is 0.656. The third-order valence-electron chi connectivity index (χ3n) is 3.23. The molecule has 2 heterocycles. The summed E-state index contributed by atoms with van der Waals surface area (Å²) in [5.41, 5.74) is 8.27. The third-order valence-corrected chi connectivity index (χ3v) is 3.96. The molecule has 20 heavy (non-hydrogen) atoms. The molecule has 2 N–H and O–H groups in total. The maximum atomic E-state index is 12.4. The number of nitrogen functional groups attached to an aromatic ring is 1. The molecule has 0 saturated heterocycles. The number of nitrogens with zero attached hydrogens (tertiary/aromatic N) is 3. The van der Waals surface area contributed by atoms with Gasteiger partial charge in [0.05, 0.1) is 22.9 Å². The van der Waals surface area contributed by atoms with Gasteiger partial charge in [0.25, 0.3) is 5.56 Å². The van der Waals surface area contributed by atoms with E-state index in [9.17, 15) is 4.79 Å². The summed E-state index contributed by atoms with van der Waals surface area (Å²) in [4.78, 5) is 21.0. The van der Waals surface area contributed by atoms with Crippen molar-refractivity contribution < 1.29 is 0 Å². The number of fused-ring (bicyclic) bond motifs is 1. The van der Waals surface area contributed by atoms with Gasteiger partial charge in [-0.3, -0.25) is 9.36 Å². The third kappa shape index (κ3) is 2.30. The first kappa shape index (κ1) is 12.8. The van der Waals surface area contributed by atoms with Gasteiger partial charge in [-0.15, -0.1) is 11.3 Å². The molecule has 0 saturated carbocycles. The summed E-state index contributed by atoms with van der Waals surface area (Å²) >= 11 is 1.41. The number of hydrogen-bond donors (Lipinski definition) is 1. The Morgan fingerprint density at radius 1 is 1.40 bits per heavy atom. The molecule has 0 aliphatic rings. The van der Waals surface area contributed by atoms with Crippen LogP contribution >= 0.6 is 11.3 Å². The SMILES string of the molecule is Cc1cccc2c(=O)n(CCc3csc(N)n3)cnc12. The Bertz CT molecular complexity index is 821. The molecule has 0 aliphatic carbocycles. The summed E-state index contributed by atoms with van der Waals surface area (Å²) in [6, 6.07) is 5.65. The molecule has 1 aromatic carbocycles. The first-order valence-corrected chi connectivity index (χ1v) is 7.18. The highest BCUT2D eigenvalue weighted by Crippen LogP contribution is 2.13. The molecule has 2 aromatic heterocycles. The van der Waals surface area contributed by atoms with Crippen molar-refractivity contribution in [3.8, 4) is 0 Å². The Labute approximate surface area is 119 Å². The predicted octanol–water partition coefficient (Wildman–Crippen LogP) is 1.99. The standard InChI is InChI=1S/C14H14N4OS/c1-9-3-2-4-11-12(9)16-8-18(13(11)19)6-5-10-7-20-14(15)17-10/h2-4,7-8H,5-6H2,1H3,(H2,15,17). The number of hydrogen-bond acceptors (Lipinski definition) is 5. The minimum atomic E-state index is -0.0121. The van der Waals surface area contributed by atoms with Gasteiger partial charge in [-0.05, 0) is 18.6 Å². The molecular formula is C14H14N4OS. The van der Waals surface area contributed by atoms with E-state index in [1.54, 1.807) is 10.9 Å². The van der Waals surface area contributed by atoms with E-state index in [0.29, 0.717) is 23.5 Å². The van der Waals surface area contributed by atoms with Crippen molar-refractivity contribution in [3.63, 3.8) is 0 Å². The highest BCUT2D eigenvalue weighted by atomic mass is 32.1. The number of anilines is 1. The van der Waals surface area contributed by atoms with Crippen LogP contribution in [0.4, 0.5) is 5.13 Å². The second-order valence-electron chi connectivity index (χ2n) is 4.64. The Kier molecular flexibility index (Phi) is 3.23. The van der Waals surface area contributed by atoms with E-state index in [4.69, 9.17) is 5.73 Å². The summed E-state index contributed by atoms with van der Waals surface area (Å²) in [6.07, 6.45) is 2.28. The molecule has 6 heteroatoms. The first-order chi connectivity index (χ1) is 9.65. The summed E-state index contributed by atoms with van der Waals surface area (Å²) in [5, 5.41) is 3.13. The molecule has 0 fully saturated rings. The molecule has 0 amide bonds. The number of nitrogens with two attached hydrogens (primary N) is 1. The molecular weight excluding hydrogens is 272 g/mol. The number of aromatic nitrogens is 3. The van der Waals surface area contributed by atoms with Crippen LogP contribution in [0.1, 0.15) is 11.3 Å². The van der Waals surface area contributed by atoms with Gasteiger partial charge < -0.3 is 5.73 Å². The van der Waals surface area contributed by atoms with E-state index in [1.165, 1.54) is 11.3 Å². The Morgan fingerprint density at radius 3 is 3.00 bits per heavy atom. The van der Waals surface area contributed by atoms with Gasteiger partial charge in [-0.2, -0.15) is 0 Å². The van der Waals surface area contributed by atoms with Crippen LogP contribution in [0.3, 0.4) is 0 Å². The smallest absolute Gasteiger partial charge is 0.261 e. The van der Waals surface area contributed by atoms with Crippen molar-refractivity contribution in [2.24, 2.45) is 0 Å². The fourth-order valence-corrected chi connectivity index (χ4v) is 2.77. The number of para-hydroxylation sites is 1. The van der Waals surface area contributed by atoms with Crippen LogP contribution in [-0.2, 0) is 13.0 Å². The summed E-state index contributed by atoms with van der Waals surface area (Å²) in [5.74, 6) is 0. The highest BCUT2D eigenvalue weighted by molar-refractivity contribution is 7.13. The zero-order valence-corrected chi connectivity index (χ0v) is 11.9. The Morgan fingerprint density at radius 2 is 2.25 bits per heavy atom. The van der Waals surface area contributed by atoms with Crippen molar-refractivity contribution in [2.75, 3.05) is 5.73 Å². The molecule has 5 nitrogen and oxygen atoms in total. The van der Waals surface area contributed by atoms with Gasteiger partial charge in [0.1, 0.15) is 0 Å². The highest BCUT2D eigenvalue weighted by Gasteiger charge is 2.06. The average Bonchev–Trinajstić information content (AvgIpc) is 2.85. The van der Waals surface area contributed by atoms with Crippen LogP contribution in [0, 0.1) is 6.92 Å². The van der Waals surface area contributed by atoms with E-state index < -0.39 is 0 Å². The molecule has 3 rings (SSSR count). The maximum absolute atomic E-state index is 12.4. The fraction of sp³-hybridized carbons (Fsp3) is 0.214. The molecule has 3 aromatic rings. The van der Waals surface area contributed by atoms with E-state index in [1.807, 2.05) is 30.5 Å². The van der Waals surface area contributed by atoms with Crippen molar-refractivity contribution in [1.82, 2.24) is 14.5 Å². The van der Waals surface area contributed by atoms with E-state index in [2.05, 4.69) is 9.97 Å². The van der Waals surface area contributed by atoms with Gasteiger partial charge in [-0.1, -0.05) is 12.1 Å². The second-order valence-corrected chi connectivity index (χ2v) is 5.53. The Hall–Kier alpha value is -2.21. The first-order valence-electron chi connectivity index (χ1n) is 6.30. The summed E-state index contributed by atoms with van der Waals surface area (Å²) in [7, 11) is 0. The van der Waals surface area contributed by atoms with Crippen LogP contribution in [-0.4, -0.2) is 14.5 Å². The van der Waals surface area contributed by atoms with Gasteiger partial charge >= 0.3 is 0 Å². The predicted molar refractivity (Wildman–Crippen MR) is 81.0 cm³/mol. The number of thiazole rings is 1. The maximum Gasteiger partial charge on any atom is 0.261 e. The van der Waals surface area contributed by atoms with Crippen LogP contribution < -0.4 is 11.3 Å². The lowest BCUT2D eigenvalue weighted by Crippen LogP contribution is -2.21. The topological polar surface area (TPSA) is 73.8 Å². The quantitative estimate of drug-likeness (QED) is 0.799. The fourth-order valence-electron chi connectivity index (χ4n) is 2.17. The van der Waals surface area contributed by atoms with Crippen molar-refractivity contribution in [3.05, 3.63) is 51.5 Å². The molecule has 0 unspecified atom stereocenters.